The summed E-state index contributed by atoms with van der Waals surface area (Å²) in [6.07, 6.45) is 3.81. The van der Waals surface area contributed by atoms with Gasteiger partial charge in [-0.25, -0.2) is 0 Å². The number of carbonyl (C=O) groups excluding carboxylic acids is 1. The van der Waals surface area contributed by atoms with Gasteiger partial charge < -0.3 is 0 Å². The highest BCUT2D eigenvalue weighted by Gasteiger charge is 2.07. The van der Waals surface area contributed by atoms with E-state index in [1.165, 1.54) is 0 Å². The first-order valence-electron chi connectivity index (χ1n) is 5.03. The molecule has 4 heteroatoms. The standard InChI is InChI=1S/C13H9BrINO/c14-11-5-9(7-16-8-11)6-13(17)10-1-3-12(15)4-2-10/h1-5,7-8H,6H2. The van der Waals surface area contributed by atoms with Gasteiger partial charge in [-0.15, -0.1) is 0 Å². The van der Waals surface area contributed by atoms with Crippen molar-refractivity contribution in [3.8, 4) is 0 Å². The molecule has 0 aliphatic rings. The zero-order chi connectivity index (χ0) is 12.3. The third kappa shape index (κ3) is 3.61. The van der Waals surface area contributed by atoms with Crippen molar-refractivity contribution in [1.82, 2.24) is 4.98 Å². The summed E-state index contributed by atoms with van der Waals surface area (Å²) in [7, 11) is 0. The van der Waals surface area contributed by atoms with Gasteiger partial charge in [-0.3, -0.25) is 9.78 Å². The number of benzene rings is 1. The SMILES string of the molecule is O=C(Cc1cncc(Br)c1)c1ccc(I)cc1. The lowest BCUT2D eigenvalue weighted by Crippen LogP contribution is -2.03. The topological polar surface area (TPSA) is 30.0 Å². The Morgan fingerprint density at radius 3 is 2.59 bits per heavy atom. The predicted molar refractivity (Wildman–Crippen MR) is 79.1 cm³/mol. The molecule has 1 heterocycles. The number of hydrogen-bond acceptors (Lipinski definition) is 2. The fraction of sp³-hybridized carbons (Fsp3) is 0.0769. The molecule has 1 aromatic carbocycles. The average molecular weight is 402 g/mol. The summed E-state index contributed by atoms with van der Waals surface area (Å²) in [5.41, 5.74) is 1.66. The molecule has 0 N–H and O–H groups in total. The highest BCUT2D eigenvalue weighted by Crippen LogP contribution is 2.13. The van der Waals surface area contributed by atoms with Crippen LogP contribution in [0.1, 0.15) is 15.9 Å². The van der Waals surface area contributed by atoms with E-state index in [0.717, 1.165) is 19.2 Å². The zero-order valence-electron chi connectivity index (χ0n) is 8.86. The molecule has 0 aliphatic carbocycles. The Morgan fingerprint density at radius 2 is 1.94 bits per heavy atom. The van der Waals surface area contributed by atoms with Crippen LogP contribution in [0, 0.1) is 3.57 Å². The minimum absolute atomic E-state index is 0.112. The minimum Gasteiger partial charge on any atom is -0.294 e. The summed E-state index contributed by atoms with van der Waals surface area (Å²) < 4.78 is 2.02. The molecular formula is C13H9BrINO. The van der Waals surface area contributed by atoms with Crippen LogP contribution in [0.25, 0.3) is 0 Å². The minimum atomic E-state index is 0.112. The molecule has 2 nitrogen and oxygen atoms in total. The van der Waals surface area contributed by atoms with Crippen LogP contribution in [0.4, 0.5) is 0 Å². The second kappa shape index (κ2) is 5.73. The summed E-state index contributed by atoms with van der Waals surface area (Å²) in [5, 5.41) is 0. The maximum atomic E-state index is 12.0. The number of Topliss-reactive ketones (excluding diaryl/α,β-unsaturated/α-hetero) is 1. The summed E-state index contributed by atoms with van der Waals surface area (Å²) in [6.45, 7) is 0. The largest absolute Gasteiger partial charge is 0.294 e. The first-order valence-corrected chi connectivity index (χ1v) is 6.90. The van der Waals surface area contributed by atoms with Gasteiger partial charge in [0.15, 0.2) is 5.78 Å². The van der Waals surface area contributed by atoms with Gasteiger partial charge in [0.2, 0.25) is 0 Å². The van der Waals surface area contributed by atoms with Gasteiger partial charge in [0.05, 0.1) is 0 Å². The average Bonchev–Trinajstić information content (AvgIpc) is 2.29. The summed E-state index contributed by atoms with van der Waals surface area (Å²) in [4.78, 5) is 16.0. The number of pyridine rings is 1. The molecule has 2 aromatic rings. The highest BCUT2D eigenvalue weighted by molar-refractivity contribution is 14.1. The normalized spacial score (nSPS) is 10.2. The molecule has 0 saturated carbocycles. The number of rotatable bonds is 3. The Balaban J connectivity index is 2.14. The third-order valence-corrected chi connectivity index (χ3v) is 3.45. The molecule has 0 fully saturated rings. The monoisotopic (exact) mass is 401 g/mol. The molecule has 2 rings (SSSR count). The Bertz CT molecular complexity index is 539. The second-order valence-corrected chi connectivity index (χ2v) is 5.78. The van der Waals surface area contributed by atoms with E-state index >= 15 is 0 Å². The van der Waals surface area contributed by atoms with E-state index in [1.807, 2.05) is 30.3 Å². The maximum absolute atomic E-state index is 12.0. The third-order valence-electron chi connectivity index (χ3n) is 2.29. The molecule has 0 unspecified atom stereocenters. The molecule has 0 radical (unpaired) electrons. The van der Waals surface area contributed by atoms with Gasteiger partial charge in [-0.05, 0) is 62.3 Å². The van der Waals surface area contributed by atoms with Crippen molar-refractivity contribution >= 4 is 44.3 Å². The first-order chi connectivity index (χ1) is 8.15. The molecule has 0 spiro atoms. The lowest BCUT2D eigenvalue weighted by molar-refractivity contribution is 0.0993. The Labute approximate surface area is 122 Å². The van der Waals surface area contributed by atoms with E-state index in [1.54, 1.807) is 12.4 Å². The van der Waals surface area contributed by atoms with Crippen molar-refractivity contribution in [2.45, 2.75) is 6.42 Å². The number of nitrogens with zero attached hydrogens (tertiary/aromatic N) is 1. The van der Waals surface area contributed by atoms with Gasteiger partial charge in [-0.1, -0.05) is 12.1 Å². The van der Waals surface area contributed by atoms with Crippen molar-refractivity contribution in [3.63, 3.8) is 0 Å². The van der Waals surface area contributed by atoms with E-state index in [-0.39, 0.29) is 5.78 Å². The van der Waals surface area contributed by atoms with Crippen LogP contribution in [0.5, 0.6) is 0 Å². The van der Waals surface area contributed by atoms with E-state index < -0.39 is 0 Å². The zero-order valence-corrected chi connectivity index (χ0v) is 12.6. The number of ketones is 1. The Morgan fingerprint density at radius 1 is 1.24 bits per heavy atom. The lowest BCUT2D eigenvalue weighted by atomic mass is 10.0. The van der Waals surface area contributed by atoms with E-state index in [2.05, 4.69) is 43.5 Å². The van der Waals surface area contributed by atoms with Gasteiger partial charge in [0.25, 0.3) is 0 Å². The van der Waals surface area contributed by atoms with Crippen LogP contribution in [0.2, 0.25) is 0 Å². The number of hydrogen-bond donors (Lipinski definition) is 0. The van der Waals surface area contributed by atoms with Crippen LogP contribution < -0.4 is 0 Å². The Hall–Kier alpha value is -0.750. The number of halogens is 2. The van der Waals surface area contributed by atoms with Crippen LogP contribution in [-0.2, 0) is 6.42 Å². The smallest absolute Gasteiger partial charge is 0.167 e. The molecule has 0 atom stereocenters. The van der Waals surface area contributed by atoms with Gasteiger partial charge >= 0.3 is 0 Å². The highest BCUT2D eigenvalue weighted by atomic mass is 127. The van der Waals surface area contributed by atoms with Crippen LogP contribution in [0.15, 0.2) is 47.2 Å². The van der Waals surface area contributed by atoms with Crippen molar-refractivity contribution < 1.29 is 4.79 Å². The van der Waals surface area contributed by atoms with Crippen molar-refractivity contribution in [2.75, 3.05) is 0 Å². The van der Waals surface area contributed by atoms with Crippen molar-refractivity contribution in [1.29, 1.82) is 0 Å². The van der Waals surface area contributed by atoms with E-state index in [9.17, 15) is 4.79 Å². The molecule has 0 amide bonds. The van der Waals surface area contributed by atoms with Crippen LogP contribution in [0.3, 0.4) is 0 Å². The first kappa shape index (κ1) is 12.7. The van der Waals surface area contributed by atoms with Gasteiger partial charge in [0.1, 0.15) is 0 Å². The predicted octanol–water partition coefficient (Wildman–Crippen LogP) is 3.87. The fourth-order valence-electron chi connectivity index (χ4n) is 1.48. The molecule has 86 valence electrons. The quantitative estimate of drug-likeness (QED) is 0.577. The second-order valence-electron chi connectivity index (χ2n) is 3.62. The van der Waals surface area contributed by atoms with Crippen LogP contribution >= 0.6 is 38.5 Å². The molecule has 1 aromatic heterocycles. The maximum Gasteiger partial charge on any atom is 0.167 e. The van der Waals surface area contributed by atoms with E-state index in [0.29, 0.717) is 6.42 Å². The Kier molecular flexibility index (Phi) is 4.28. The molecule has 0 aliphatic heterocycles. The van der Waals surface area contributed by atoms with Gasteiger partial charge in [0, 0.05) is 32.4 Å². The summed E-state index contributed by atoms with van der Waals surface area (Å²) in [6, 6.07) is 9.50. The van der Waals surface area contributed by atoms with Crippen LogP contribution in [-0.4, -0.2) is 10.8 Å². The number of carbonyl (C=O) groups is 1. The van der Waals surface area contributed by atoms with E-state index in [4.69, 9.17) is 0 Å². The molecule has 0 saturated heterocycles. The number of aromatic nitrogens is 1. The molecule has 17 heavy (non-hydrogen) atoms. The molecular weight excluding hydrogens is 393 g/mol. The van der Waals surface area contributed by atoms with Gasteiger partial charge in [-0.2, -0.15) is 0 Å². The summed E-state index contributed by atoms with van der Waals surface area (Å²) in [5.74, 6) is 0.112. The fourth-order valence-corrected chi connectivity index (χ4v) is 2.25. The molecule has 0 bridgehead atoms. The summed E-state index contributed by atoms with van der Waals surface area (Å²) >= 11 is 5.56. The lowest BCUT2D eigenvalue weighted by Gasteiger charge is -2.02. The van der Waals surface area contributed by atoms with Crippen molar-refractivity contribution in [2.24, 2.45) is 0 Å². The van der Waals surface area contributed by atoms with Crippen molar-refractivity contribution in [3.05, 3.63) is 61.9 Å².